The zero-order chi connectivity index (χ0) is 14.7. The van der Waals surface area contributed by atoms with E-state index in [9.17, 15) is 4.79 Å². The van der Waals surface area contributed by atoms with Crippen molar-refractivity contribution in [1.82, 2.24) is 30.3 Å². The number of aromatic amines is 1. The Morgan fingerprint density at radius 3 is 2.85 bits per heavy atom. The number of nitrogens with two attached hydrogens (primary N) is 1. The number of amides is 2. The molecule has 0 aliphatic carbocycles. The van der Waals surface area contributed by atoms with Crippen LogP contribution in [-0.2, 0) is 13.6 Å². The van der Waals surface area contributed by atoms with E-state index in [1.54, 1.807) is 11.7 Å². The summed E-state index contributed by atoms with van der Waals surface area (Å²) >= 11 is 0. The van der Waals surface area contributed by atoms with Crippen LogP contribution in [0, 0.1) is 0 Å². The van der Waals surface area contributed by atoms with Gasteiger partial charge in [0.1, 0.15) is 11.6 Å². The average molecular weight is 278 g/mol. The summed E-state index contributed by atoms with van der Waals surface area (Å²) in [4.78, 5) is 15.7. The highest BCUT2D eigenvalue weighted by Crippen LogP contribution is 2.16. The fourth-order valence-corrected chi connectivity index (χ4v) is 1.60. The van der Waals surface area contributed by atoms with Crippen LogP contribution < -0.4 is 16.4 Å². The van der Waals surface area contributed by atoms with Gasteiger partial charge < -0.3 is 11.1 Å². The maximum Gasteiger partial charge on any atom is 0.320 e. The molecular weight excluding hydrogens is 260 g/mol. The van der Waals surface area contributed by atoms with E-state index in [1.165, 1.54) is 0 Å². The number of H-pyrrole nitrogens is 1. The second-order valence-electron chi connectivity index (χ2n) is 4.68. The summed E-state index contributed by atoms with van der Waals surface area (Å²) in [7, 11) is 1.78. The van der Waals surface area contributed by atoms with Crippen LogP contribution in [0.25, 0.3) is 0 Å². The molecule has 9 heteroatoms. The normalized spacial score (nSPS) is 10.8. The molecule has 2 heterocycles. The number of aromatic nitrogens is 5. The molecule has 0 fully saturated rings. The second-order valence-corrected chi connectivity index (χ2v) is 4.68. The number of nitrogen functional groups attached to an aromatic ring is 1. The standard InChI is InChI=1S/C11H18N8O/c1-6(2)7-4-9(19(3)18-7)15-11(20)13-5-8-14-10(12)17-16-8/h4,6H,5H2,1-3H3,(H2,13,15,20)(H3,12,14,16,17). The summed E-state index contributed by atoms with van der Waals surface area (Å²) in [6.07, 6.45) is 0. The lowest BCUT2D eigenvalue weighted by Gasteiger charge is -2.05. The highest BCUT2D eigenvalue weighted by molar-refractivity contribution is 5.88. The molecule has 5 N–H and O–H groups in total. The van der Waals surface area contributed by atoms with E-state index in [2.05, 4.69) is 30.9 Å². The van der Waals surface area contributed by atoms with Crippen molar-refractivity contribution in [2.75, 3.05) is 11.1 Å². The third-order valence-electron chi connectivity index (χ3n) is 2.70. The smallest absolute Gasteiger partial charge is 0.320 e. The minimum atomic E-state index is -0.349. The van der Waals surface area contributed by atoms with Crippen LogP contribution in [0.4, 0.5) is 16.6 Å². The van der Waals surface area contributed by atoms with Gasteiger partial charge in [0.05, 0.1) is 12.2 Å². The van der Waals surface area contributed by atoms with Gasteiger partial charge in [0.25, 0.3) is 0 Å². The molecule has 0 aliphatic heterocycles. The van der Waals surface area contributed by atoms with E-state index in [-0.39, 0.29) is 18.5 Å². The Balaban J connectivity index is 1.91. The molecule has 0 unspecified atom stereocenters. The number of hydrogen-bond acceptors (Lipinski definition) is 5. The lowest BCUT2D eigenvalue weighted by atomic mass is 10.1. The van der Waals surface area contributed by atoms with Crippen molar-refractivity contribution in [2.45, 2.75) is 26.3 Å². The second kappa shape index (κ2) is 5.59. The Kier molecular flexibility index (Phi) is 3.87. The van der Waals surface area contributed by atoms with Gasteiger partial charge in [-0.1, -0.05) is 13.8 Å². The molecule has 0 saturated carbocycles. The number of urea groups is 1. The number of carbonyl (C=O) groups is 1. The molecule has 2 aromatic heterocycles. The summed E-state index contributed by atoms with van der Waals surface area (Å²) in [5, 5.41) is 16.0. The number of aryl methyl sites for hydroxylation is 1. The predicted molar refractivity (Wildman–Crippen MR) is 74.0 cm³/mol. The van der Waals surface area contributed by atoms with Gasteiger partial charge in [0.2, 0.25) is 5.95 Å². The molecule has 2 amide bonds. The number of nitrogens with zero attached hydrogens (tertiary/aromatic N) is 4. The molecule has 108 valence electrons. The maximum atomic E-state index is 11.8. The molecule has 0 bridgehead atoms. The Hall–Kier alpha value is -2.58. The van der Waals surface area contributed by atoms with Crippen LogP contribution in [0.2, 0.25) is 0 Å². The first-order chi connectivity index (χ1) is 9.45. The number of hydrogen-bond donors (Lipinski definition) is 4. The van der Waals surface area contributed by atoms with Crippen molar-refractivity contribution in [3.63, 3.8) is 0 Å². The van der Waals surface area contributed by atoms with Crippen LogP contribution >= 0.6 is 0 Å². The van der Waals surface area contributed by atoms with E-state index in [4.69, 9.17) is 5.73 Å². The molecule has 0 saturated heterocycles. The van der Waals surface area contributed by atoms with Crippen LogP contribution in [-0.4, -0.2) is 31.0 Å². The molecule has 2 aromatic rings. The number of nitrogens with one attached hydrogen (secondary N) is 3. The fraction of sp³-hybridized carbons (Fsp3) is 0.455. The van der Waals surface area contributed by atoms with Crippen molar-refractivity contribution >= 4 is 17.8 Å². The van der Waals surface area contributed by atoms with Crippen molar-refractivity contribution in [3.8, 4) is 0 Å². The molecular formula is C11H18N8O. The Labute approximate surface area is 116 Å². The van der Waals surface area contributed by atoms with Crippen molar-refractivity contribution in [2.24, 2.45) is 7.05 Å². The van der Waals surface area contributed by atoms with Crippen LogP contribution in [0.3, 0.4) is 0 Å². The SMILES string of the molecule is CC(C)c1cc(NC(=O)NCc2nc(N)n[nH]2)n(C)n1. The molecule has 0 radical (unpaired) electrons. The Morgan fingerprint density at radius 1 is 1.55 bits per heavy atom. The van der Waals surface area contributed by atoms with Gasteiger partial charge in [-0.3, -0.25) is 15.1 Å². The van der Waals surface area contributed by atoms with Crippen LogP contribution in [0.5, 0.6) is 0 Å². The third-order valence-corrected chi connectivity index (χ3v) is 2.70. The van der Waals surface area contributed by atoms with Crippen molar-refractivity contribution < 1.29 is 4.79 Å². The van der Waals surface area contributed by atoms with E-state index in [1.807, 2.05) is 19.9 Å². The topological polar surface area (TPSA) is 127 Å². The number of rotatable bonds is 4. The van der Waals surface area contributed by atoms with E-state index < -0.39 is 0 Å². The predicted octanol–water partition coefficient (Wildman–Crippen LogP) is 0.565. The van der Waals surface area contributed by atoms with Crippen LogP contribution in [0.15, 0.2) is 6.07 Å². The highest BCUT2D eigenvalue weighted by Gasteiger charge is 2.11. The Bertz CT molecular complexity index is 599. The summed E-state index contributed by atoms with van der Waals surface area (Å²) < 4.78 is 1.63. The minimum absolute atomic E-state index is 0.149. The van der Waals surface area contributed by atoms with Gasteiger partial charge >= 0.3 is 6.03 Å². The van der Waals surface area contributed by atoms with Crippen molar-refractivity contribution in [3.05, 3.63) is 17.6 Å². The van der Waals surface area contributed by atoms with Gasteiger partial charge in [-0.2, -0.15) is 10.1 Å². The molecule has 0 aliphatic rings. The zero-order valence-electron chi connectivity index (χ0n) is 11.6. The summed E-state index contributed by atoms with van der Waals surface area (Å²) in [5.74, 6) is 1.57. The van der Waals surface area contributed by atoms with Gasteiger partial charge in [0.15, 0.2) is 0 Å². The highest BCUT2D eigenvalue weighted by atomic mass is 16.2. The largest absolute Gasteiger partial charge is 0.367 e. The molecule has 0 atom stereocenters. The van der Waals surface area contributed by atoms with Crippen LogP contribution in [0.1, 0.15) is 31.3 Å². The quantitative estimate of drug-likeness (QED) is 0.650. The lowest BCUT2D eigenvalue weighted by Crippen LogP contribution is -2.29. The lowest BCUT2D eigenvalue weighted by molar-refractivity contribution is 0.251. The average Bonchev–Trinajstić information content (AvgIpc) is 2.94. The zero-order valence-corrected chi connectivity index (χ0v) is 11.6. The summed E-state index contributed by atoms with van der Waals surface area (Å²) in [6.45, 7) is 4.30. The van der Waals surface area contributed by atoms with E-state index in [0.29, 0.717) is 17.6 Å². The molecule has 9 nitrogen and oxygen atoms in total. The molecule has 0 spiro atoms. The third kappa shape index (κ3) is 3.25. The molecule has 2 rings (SSSR count). The molecule has 20 heavy (non-hydrogen) atoms. The molecule has 0 aromatic carbocycles. The minimum Gasteiger partial charge on any atom is -0.367 e. The van der Waals surface area contributed by atoms with E-state index in [0.717, 1.165) is 5.69 Å². The summed E-state index contributed by atoms with van der Waals surface area (Å²) in [6, 6.07) is 1.50. The van der Waals surface area contributed by atoms with E-state index >= 15 is 0 Å². The Morgan fingerprint density at radius 2 is 2.30 bits per heavy atom. The first kappa shape index (κ1) is 13.8. The van der Waals surface area contributed by atoms with Gasteiger partial charge in [-0.05, 0) is 5.92 Å². The maximum absolute atomic E-state index is 11.8. The van der Waals surface area contributed by atoms with Crippen molar-refractivity contribution in [1.29, 1.82) is 0 Å². The van der Waals surface area contributed by atoms with Gasteiger partial charge in [0, 0.05) is 13.1 Å². The monoisotopic (exact) mass is 278 g/mol. The fourth-order valence-electron chi connectivity index (χ4n) is 1.60. The summed E-state index contributed by atoms with van der Waals surface area (Å²) in [5.41, 5.74) is 6.29. The van der Waals surface area contributed by atoms with Gasteiger partial charge in [-0.15, -0.1) is 5.10 Å². The number of carbonyl (C=O) groups excluding carboxylic acids is 1. The first-order valence-electron chi connectivity index (χ1n) is 6.21. The van der Waals surface area contributed by atoms with Gasteiger partial charge in [-0.25, -0.2) is 4.79 Å². The number of anilines is 2. The first-order valence-corrected chi connectivity index (χ1v) is 6.21.